The predicted molar refractivity (Wildman–Crippen MR) is 545 cm³/mol. The number of phenolic OH excluding ortho intramolecular Hbond substituents is 6. The third kappa shape index (κ3) is 20.3. The number of aryl methyl sites for hydroxylation is 3. The molecule has 6 aliphatic heterocycles. The average Bonchev–Trinajstić information content (AvgIpc) is 0.941. The Morgan fingerprint density at radius 1 is 0.357 bits per heavy atom. The first kappa shape index (κ1) is 101. The molecule has 0 unspecified atom stereocenters. The molecule has 0 fully saturated rings. The summed E-state index contributed by atoms with van der Waals surface area (Å²) in [7, 11) is -1.44. The Kier molecular flexibility index (Phi) is 26.2. The van der Waals surface area contributed by atoms with Crippen molar-refractivity contribution in [3.05, 3.63) is 334 Å². The highest BCUT2D eigenvalue weighted by atomic mass is 32.2. The molecule has 7 heterocycles. The highest BCUT2D eigenvalue weighted by Crippen LogP contribution is 2.58. The van der Waals surface area contributed by atoms with Crippen LogP contribution in [0.4, 0.5) is 22.0 Å². The fourth-order valence-corrected chi connectivity index (χ4v) is 19.7. The lowest BCUT2D eigenvalue weighted by atomic mass is 9.82. The maximum Gasteiger partial charge on any atom is 0.251 e. The topological polar surface area (TPSA) is 275 Å². The summed E-state index contributed by atoms with van der Waals surface area (Å²) in [5.74, 6) is 0.974. The summed E-state index contributed by atoms with van der Waals surface area (Å²) in [6.07, 6.45) is 4.74. The van der Waals surface area contributed by atoms with Gasteiger partial charge in [0.25, 0.3) is 5.91 Å². The normalized spacial score (nSPS) is 14.8. The van der Waals surface area contributed by atoms with Crippen LogP contribution in [-0.2, 0) is 50.5 Å². The SMILES string of the molecule is CC(C)(C)C(=O)c1cc(O)c2c(c1)OC(C)(C)c1ccc(F)cc1-2.CC(C)NC(=O)c1cc(O)c2c(c1)OC(C)(C)c1ccc(F)cc1-2.CC1(C)Oc2cc(-c3ccccc3)cc(O)c2-c2cc(F)ccc21.Cc1cc(O)c2c(c1)OC(C)(C)c1ccc(S(C)(=O)=O)cc1-2.Cc1ccc(-c2cc(O)c3c(c2)OC(C)(C)c2ccc(F)cc2-3)cc1.Cn1cnc(-c2cc(O)c3c(c2)OC(C)(C)c2ccc(F)cc2-3)c1. The van der Waals surface area contributed by atoms with Gasteiger partial charge in [0.1, 0.15) is 132 Å². The number of nitrogens with zero attached hydrogens (tertiary/aromatic N) is 2. The molecule has 14 aromatic carbocycles. The van der Waals surface area contributed by atoms with Crippen LogP contribution in [0.25, 0.3) is 100 Å². The minimum absolute atomic E-state index is 0.0251. The van der Waals surface area contributed by atoms with E-state index in [9.17, 15) is 70.6 Å². The molecule has 143 heavy (non-hydrogen) atoms. The van der Waals surface area contributed by atoms with Crippen LogP contribution in [0.1, 0.15) is 183 Å². The molecule has 0 radical (unpaired) electrons. The van der Waals surface area contributed by atoms with Gasteiger partial charge >= 0.3 is 0 Å². The number of phenols is 6. The lowest BCUT2D eigenvalue weighted by Gasteiger charge is -2.35. The molecule has 25 heteroatoms. The van der Waals surface area contributed by atoms with Crippen LogP contribution in [0.5, 0.6) is 69.0 Å². The van der Waals surface area contributed by atoms with Crippen molar-refractivity contribution in [2.45, 2.75) is 176 Å². The number of aromatic hydroxyl groups is 6. The van der Waals surface area contributed by atoms with Crippen LogP contribution in [0.3, 0.4) is 0 Å². The van der Waals surface area contributed by atoms with Crippen molar-refractivity contribution < 1.29 is 99.0 Å². The number of rotatable bonds is 7. The maximum absolute atomic E-state index is 13.8. The first-order chi connectivity index (χ1) is 66.9. The first-order valence-electron chi connectivity index (χ1n) is 46.6. The number of hydrogen-bond donors (Lipinski definition) is 7. The van der Waals surface area contributed by atoms with Gasteiger partial charge in [0, 0.05) is 81.0 Å². The molecule has 15 aromatic rings. The van der Waals surface area contributed by atoms with E-state index in [-0.39, 0.29) is 80.4 Å². The summed E-state index contributed by atoms with van der Waals surface area (Å²) in [6.45, 7) is 36.1. The summed E-state index contributed by atoms with van der Waals surface area (Å²) >= 11 is 0. The van der Waals surface area contributed by atoms with E-state index in [2.05, 4.69) is 10.3 Å². The molecule has 1 aromatic heterocycles. The maximum atomic E-state index is 13.8. The average molecular weight is 1960 g/mol. The van der Waals surface area contributed by atoms with Gasteiger partial charge in [-0.1, -0.05) is 117 Å². The van der Waals surface area contributed by atoms with Crippen molar-refractivity contribution in [1.82, 2.24) is 14.9 Å². The van der Waals surface area contributed by atoms with Crippen LogP contribution >= 0.6 is 0 Å². The molecular formula is C118H112F5N3O16S. The molecule has 0 atom stereocenters. The molecule has 1 amide bonds. The second kappa shape index (κ2) is 37.3. The Balaban J connectivity index is 0.000000123. The summed E-state index contributed by atoms with van der Waals surface area (Å²) in [5.41, 5.74) is 15.4. The Morgan fingerprint density at radius 3 is 1.00 bits per heavy atom. The van der Waals surface area contributed by atoms with Gasteiger partial charge in [0.15, 0.2) is 15.6 Å². The summed E-state index contributed by atoms with van der Waals surface area (Å²) in [4.78, 5) is 29.3. The Morgan fingerprint density at radius 2 is 0.657 bits per heavy atom. The molecule has 0 bridgehead atoms. The van der Waals surface area contributed by atoms with E-state index in [0.29, 0.717) is 112 Å². The van der Waals surface area contributed by atoms with E-state index in [0.717, 1.165) is 72.5 Å². The van der Waals surface area contributed by atoms with Crippen molar-refractivity contribution in [2.75, 3.05) is 6.26 Å². The lowest BCUT2D eigenvalue weighted by Crippen LogP contribution is -2.31. The molecule has 0 saturated heterocycles. The van der Waals surface area contributed by atoms with Gasteiger partial charge in [-0.15, -0.1) is 0 Å². The number of benzene rings is 14. The van der Waals surface area contributed by atoms with Crippen molar-refractivity contribution in [2.24, 2.45) is 12.5 Å². The van der Waals surface area contributed by atoms with E-state index >= 15 is 0 Å². The number of ketones is 1. The molecule has 19 nitrogen and oxygen atoms in total. The fourth-order valence-electron chi connectivity index (χ4n) is 19.0. The van der Waals surface area contributed by atoms with E-state index in [1.807, 2.05) is 228 Å². The van der Waals surface area contributed by atoms with Gasteiger partial charge in [-0.25, -0.2) is 35.4 Å². The Labute approximate surface area is 828 Å². The largest absolute Gasteiger partial charge is 0.507 e. The first-order valence-corrected chi connectivity index (χ1v) is 48.5. The molecule has 7 N–H and O–H groups in total. The quantitative estimate of drug-likeness (QED) is 0.0577. The van der Waals surface area contributed by atoms with Crippen molar-refractivity contribution >= 4 is 21.5 Å². The summed E-state index contributed by atoms with van der Waals surface area (Å²) in [6, 6.07) is 65.7. The molecule has 21 rings (SSSR count). The molecule has 0 aliphatic carbocycles. The van der Waals surface area contributed by atoms with Crippen LogP contribution < -0.4 is 33.7 Å². The Hall–Kier alpha value is -15.4. The van der Waals surface area contributed by atoms with E-state index in [1.165, 1.54) is 84.6 Å². The molecule has 0 spiro atoms. The fraction of sp³-hybridized carbons (Fsp3) is 0.246. The zero-order chi connectivity index (χ0) is 104. The standard InChI is InChI=1S/C22H19FO2.C21H17FO2.C20H21FO3.C19H17FN2O2.C19H20FNO3.C17H18O4S/c1-13-4-6-14(7-5-13)15-10-19(24)21-17-12-16(23)8-9-18(17)22(2,3)25-20(21)11-15;1-21(2)17-9-8-15(22)12-16(17)20-18(23)10-14(11-19(20)24-21)13-6-4-3-5-7-13;1-19(2,3)18(23)11-8-15(22)17-13-10-12(21)6-7-14(13)20(4,5)24-16(17)9-11;1-19(2)14-5-4-12(20)8-13(14)18-16(23)6-11(7-17(18)24-19)15-9-22(3)10-21-15;1-10(2)21-18(23)11-7-15(22)17-13-9-12(20)5-6-14(13)19(3,4)24-16(17)8-11;1-10-7-14(18)16-12-9-11(22(4,19)20)5-6-13(12)17(2,3)21-15(16)8-10/h4-12,24H,1-3H3;3-12,23H,1-2H3;6-10,22H,1-5H3;4-10,23H,1-3H3;5-10,22H,1-4H3,(H,21,23);5-9,18H,1-4H3. The molecule has 6 aliphatic rings. The van der Waals surface area contributed by atoms with E-state index in [1.54, 1.807) is 91.3 Å². The second-order valence-electron chi connectivity index (χ2n) is 41.0. The number of ether oxygens (including phenoxy) is 6. The number of carbonyl (C=O) groups is 2. The highest BCUT2D eigenvalue weighted by molar-refractivity contribution is 7.90. The monoisotopic (exact) mass is 1950 g/mol. The van der Waals surface area contributed by atoms with Crippen LogP contribution in [0.2, 0.25) is 0 Å². The van der Waals surface area contributed by atoms with Gasteiger partial charge in [-0.2, -0.15) is 0 Å². The van der Waals surface area contributed by atoms with Gasteiger partial charge in [0.05, 0.1) is 50.3 Å². The van der Waals surface area contributed by atoms with Gasteiger partial charge in [-0.05, 0) is 318 Å². The highest BCUT2D eigenvalue weighted by Gasteiger charge is 2.43. The number of hydrogen-bond acceptors (Lipinski definition) is 17. The number of sulfone groups is 1. The zero-order valence-corrected chi connectivity index (χ0v) is 84.0. The Bertz CT molecular complexity index is 7770. The van der Waals surface area contributed by atoms with Crippen LogP contribution in [-0.4, -0.2) is 72.6 Å². The van der Waals surface area contributed by atoms with Crippen LogP contribution in [0.15, 0.2) is 254 Å². The number of amides is 1. The smallest absolute Gasteiger partial charge is 0.251 e. The third-order valence-electron chi connectivity index (χ3n) is 25.8. The third-order valence-corrected chi connectivity index (χ3v) is 26.9. The number of halogens is 5. The second-order valence-corrected chi connectivity index (χ2v) is 43.0. The summed E-state index contributed by atoms with van der Waals surface area (Å²) in [5, 5.41) is 65.9. The predicted octanol–water partition coefficient (Wildman–Crippen LogP) is 27.9. The number of aromatic nitrogens is 2. The summed E-state index contributed by atoms with van der Waals surface area (Å²) < 4.78 is 131. The molecular weight excluding hydrogens is 1840 g/mol. The van der Waals surface area contributed by atoms with Gasteiger partial charge in [-0.3, -0.25) is 9.59 Å². The van der Waals surface area contributed by atoms with Crippen LogP contribution in [0, 0.1) is 48.3 Å². The van der Waals surface area contributed by atoms with E-state index in [4.69, 9.17) is 28.4 Å². The van der Waals surface area contributed by atoms with Crippen molar-refractivity contribution in [3.63, 3.8) is 0 Å². The zero-order valence-electron chi connectivity index (χ0n) is 83.2. The molecule has 0 saturated carbocycles. The van der Waals surface area contributed by atoms with Crippen molar-refractivity contribution in [3.8, 4) is 169 Å². The number of nitrogens with one attached hydrogen (secondary N) is 1. The number of imidazole rings is 1. The van der Waals surface area contributed by atoms with E-state index < -0.39 is 54.7 Å². The van der Waals surface area contributed by atoms with Gasteiger partial charge in [0.2, 0.25) is 0 Å². The minimum Gasteiger partial charge on any atom is -0.507 e. The van der Waals surface area contributed by atoms with Gasteiger partial charge < -0.3 is 68.9 Å². The molecule has 736 valence electrons. The number of carbonyl (C=O) groups excluding carboxylic acids is 2. The minimum atomic E-state index is -3.32. The number of fused-ring (bicyclic) bond motifs is 18. The lowest BCUT2D eigenvalue weighted by molar-refractivity contribution is 0.0851. The van der Waals surface area contributed by atoms with Crippen molar-refractivity contribution in [1.29, 1.82) is 0 Å². The number of Topliss-reactive ketones (excluding diaryl/α,β-unsaturated/α-hetero) is 1.